The maximum atomic E-state index is 11.0. The third-order valence-electron chi connectivity index (χ3n) is 6.87. The smallest absolute Gasteiger partial charge is 0.407 e. The molecule has 1 aromatic heterocycles. The molecule has 9 nitrogen and oxygen atoms in total. The Morgan fingerprint density at radius 3 is 2.76 bits per heavy atom. The molecule has 2 aliphatic rings. The third-order valence-corrected chi connectivity index (χ3v) is 6.87. The van der Waals surface area contributed by atoms with E-state index in [9.17, 15) is 4.79 Å². The van der Waals surface area contributed by atoms with Gasteiger partial charge in [-0.2, -0.15) is 5.10 Å². The zero-order chi connectivity index (χ0) is 23.7. The van der Waals surface area contributed by atoms with Gasteiger partial charge in [-0.15, -0.1) is 0 Å². The summed E-state index contributed by atoms with van der Waals surface area (Å²) in [5.74, 6) is 0.604. The molecule has 1 saturated heterocycles. The van der Waals surface area contributed by atoms with Crippen molar-refractivity contribution in [2.75, 3.05) is 67.3 Å². The number of ether oxygens (including phenoxy) is 3. The summed E-state index contributed by atoms with van der Waals surface area (Å²) in [6, 6.07) is 0. The number of nitrogens with one attached hydrogen (secondary N) is 1. The number of likely N-dealkylation sites (N-methyl/N-ethyl adjacent to an activating group) is 2. The molecule has 186 valence electrons. The molecule has 9 heteroatoms. The van der Waals surface area contributed by atoms with Gasteiger partial charge in [0.05, 0.1) is 18.9 Å². The van der Waals surface area contributed by atoms with E-state index >= 15 is 0 Å². The molecule has 0 bridgehead atoms. The molecule has 1 fully saturated rings. The topological polar surface area (TPSA) is 100 Å². The number of hydrogen-bond donors (Lipinski definition) is 2. The summed E-state index contributed by atoms with van der Waals surface area (Å²) >= 11 is 0. The molecule has 0 spiro atoms. The molecule has 0 aromatic carbocycles. The van der Waals surface area contributed by atoms with E-state index in [1.54, 1.807) is 14.2 Å². The number of carboxylic acid groups (broad SMARTS) is 1. The maximum Gasteiger partial charge on any atom is 0.407 e. The van der Waals surface area contributed by atoms with Crippen LogP contribution in [0.4, 0.5) is 4.79 Å². The van der Waals surface area contributed by atoms with Crippen molar-refractivity contribution in [2.45, 2.75) is 38.6 Å². The lowest BCUT2D eigenvalue weighted by atomic mass is 9.75. The quantitative estimate of drug-likeness (QED) is 0.490. The van der Waals surface area contributed by atoms with E-state index in [1.165, 1.54) is 10.5 Å². The molecule has 1 unspecified atom stereocenters. The highest BCUT2D eigenvalue weighted by molar-refractivity contribution is 5.66. The van der Waals surface area contributed by atoms with Crippen molar-refractivity contribution in [1.29, 1.82) is 0 Å². The Morgan fingerprint density at radius 2 is 2.09 bits per heavy atom. The van der Waals surface area contributed by atoms with Gasteiger partial charge in [0.15, 0.2) is 0 Å². The number of carbonyl (C=O) groups is 1. The highest BCUT2D eigenvalue weighted by Crippen LogP contribution is 2.40. The van der Waals surface area contributed by atoms with Crippen molar-refractivity contribution in [3.63, 3.8) is 0 Å². The summed E-state index contributed by atoms with van der Waals surface area (Å²) in [4.78, 5) is 14.4. The van der Waals surface area contributed by atoms with Crippen LogP contribution in [0.3, 0.4) is 0 Å². The maximum absolute atomic E-state index is 11.0. The summed E-state index contributed by atoms with van der Waals surface area (Å²) < 4.78 is 17.2. The zero-order valence-electron chi connectivity index (χ0n) is 20.3. The summed E-state index contributed by atoms with van der Waals surface area (Å²) in [6.07, 6.45) is 8.37. The number of hydrogen-bond acceptors (Lipinski definition) is 6. The lowest BCUT2D eigenvalue weighted by molar-refractivity contribution is -0.0375. The van der Waals surface area contributed by atoms with E-state index in [-0.39, 0.29) is 5.41 Å². The Kier molecular flexibility index (Phi) is 9.73. The second-order valence-electron chi connectivity index (χ2n) is 9.64. The van der Waals surface area contributed by atoms with Crippen LogP contribution in [0.2, 0.25) is 0 Å². The predicted octanol–water partition coefficient (Wildman–Crippen LogP) is 3.09. The summed E-state index contributed by atoms with van der Waals surface area (Å²) in [7, 11) is 5.36. The van der Waals surface area contributed by atoms with Gasteiger partial charge in [0.1, 0.15) is 0 Å². The molecule has 0 saturated carbocycles. The first kappa shape index (κ1) is 25.7. The lowest BCUT2D eigenvalue weighted by Gasteiger charge is -2.36. The van der Waals surface area contributed by atoms with Crippen molar-refractivity contribution >= 4 is 11.7 Å². The molecule has 1 aromatic rings. The first-order valence-corrected chi connectivity index (χ1v) is 11.9. The molecule has 1 aliphatic heterocycles. The van der Waals surface area contributed by atoms with Crippen LogP contribution in [-0.2, 0) is 20.8 Å². The molecule has 3 rings (SSSR count). The van der Waals surface area contributed by atoms with E-state index in [4.69, 9.17) is 19.3 Å². The lowest BCUT2D eigenvalue weighted by Crippen LogP contribution is -2.35. The minimum absolute atomic E-state index is 0.0120. The average molecular weight is 465 g/mol. The molecule has 1 aliphatic carbocycles. The van der Waals surface area contributed by atoms with Gasteiger partial charge >= 0.3 is 6.09 Å². The Morgan fingerprint density at radius 1 is 1.30 bits per heavy atom. The fourth-order valence-corrected chi connectivity index (χ4v) is 4.62. The van der Waals surface area contributed by atoms with Crippen molar-refractivity contribution in [3.8, 4) is 0 Å². The van der Waals surface area contributed by atoms with E-state index in [0.717, 1.165) is 69.8 Å². The van der Waals surface area contributed by atoms with Gasteiger partial charge in [0.2, 0.25) is 0 Å². The van der Waals surface area contributed by atoms with Crippen LogP contribution in [-0.4, -0.2) is 98.5 Å². The molecule has 2 heterocycles. The van der Waals surface area contributed by atoms with Crippen LogP contribution in [0.15, 0.2) is 12.3 Å². The largest absolute Gasteiger partial charge is 0.465 e. The van der Waals surface area contributed by atoms with Crippen LogP contribution >= 0.6 is 0 Å². The number of H-pyrrole nitrogens is 1. The van der Waals surface area contributed by atoms with Gasteiger partial charge in [0, 0.05) is 70.8 Å². The first-order chi connectivity index (χ1) is 15.9. The van der Waals surface area contributed by atoms with Gasteiger partial charge in [-0.1, -0.05) is 6.08 Å². The fourth-order valence-electron chi connectivity index (χ4n) is 4.62. The zero-order valence-corrected chi connectivity index (χ0v) is 20.3. The fraction of sp³-hybridized carbons (Fsp3) is 0.750. The number of amides is 1. The summed E-state index contributed by atoms with van der Waals surface area (Å²) in [6.45, 7) is 5.75. The second kappa shape index (κ2) is 12.5. The Bertz CT molecular complexity index is 777. The Balaban J connectivity index is 1.55. The van der Waals surface area contributed by atoms with E-state index in [0.29, 0.717) is 32.2 Å². The Hall–Kier alpha value is -1.94. The van der Waals surface area contributed by atoms with Crippen molar-refractivity contribution < 1.29 is 24.1 Å². The molecule has 2 N–H and O–H groups in total. The third kappa shape index (κ3) is 7.53. The van der Waals surface area contributed by atoms with Gasteiger partial charge in [0.25, 0.3) is 0 Å². The van der Waals surface area contributed by atoms with Gasteiger partial charge in [-0.05, 0) is 50.6 Å². The number of aromatic amines is 1. The van der Waals surface area contributed by atoms with Crippen molar-refractivity contribution in [3.05, 3.63) is 23.5 Å². The molecule has 0 radical (unpaired) electrons. The summed E-state index contributed by atoms with van der Waals surface area (Å²) in [5.41, 5.74) is 3.43. The Labute approximate surface area is 197 Å². The van der Waals surface area contributed by atoms with Crippen molar-refractivity contribution in [1.82, 2.24) is 20.0 Å². The van der Waals surface area contributed by atoms with Crippen LogP contribution in [0.25, 0.3) is 5.57 Å². The normalized spacial score (nSPS) is 21.9. The second-order valence-corrected chi connectivity index (χ2v) is 9.64. The first-order valence-electron chi connectivity index (χ1n) is 11.9. The molecular weight excluding hydrogens is 424 g/mol. The van der Waals surface area contributed by atoms with E-state index in [1.807, 2.05) is 13.2 Å². The van der Waals surface area contributed by atoms with Crippen molar-refractivity contribution in [2.24, 2.45) is 11.3 Å². The SMILES string of the molecule is COCC1(COCC2CCOCC2)CC=C(c2n[nH]cc2CN(C)CCN(C)C(=O)O)CC1. The van der Waals surface area contributed by atoms with Gasteiger partial charge in [-0.3, -0.25) is 5.10 Å². The standard InChI is InChI=1S/C24H40N4O5/c1-27(10-11-28(2)23(29)30)15-21-14-25-26-22(21)20-4-8-24(9-5-20,17-31-3)18-33-16-19-6-12-32-13-7-19/h4,14,19H,5-13,15-18H2,1-3H3,(H,25,26)(H,29,30). The molecular formula is C24H40N4O5. The van der Waals surface area contributed by atoms with Crippen LogP contribution in [0.5, 0.6) is 0 Å². The molecule has 33 heavy (non-hydrogen) atoms. The van der Waals surface area contributed by atoms with Gasteiger partial charge in [-0.25, -0.2) is 4.79 Å². The highest BCUT2D eigenvalue weighted by atomic mass is 16.5. The van der Waals surface area contributed by atoms with Gasteiger partial charge < -0.3 is 29.1 Å². The highest BCUT2D eigenvalue weighted by Gasteiger charge is 2.34. The minimum Gasteiger partial charge on any atom is -0.465 e. The summed E-state index contributed by atoms with van der Waals surface area (Å²) in [5, 5.41) is 16.6. The van der Waals surface area contributed by atoms with Crippen LogP contribution < -0.4 is 0 Å². The van der Waals surface area contributed by atoms with E-state index < -0.39 is 6.09 Å². The predicted molar refractivity (Wildman–Crippen MR) is 126 cm³/mol. The number of allylic oxidation sites excluding steroid dienone is 2. The van der Waals surface area contributed by atoms with E-state index in [2.05, 4.69) is 21.2 Å². The number of nitrogens with zero attached hydrogens (tertiary/aromatic N) is 3. The monoisotopic (exact) mass is 464 g/mol. The van der Waals surface area contributed by atoms with Crippen LogP contribution in [0.1, 0.15) is 43.4 Å². The molecule has 1 amide bonds. The molecule has 1 atom stereocenters. The van der Waals surface area contributed by atoms with Crippen LogP contribution in [0, 0.1) is 11.3 Å². The average Bonchev–Trinajstić information content (AvgIpc) is 3.26. The number of rotatable bonds is 12. The number of methoxy groups -OCH3 is 1. The minimum atomic E-state index is -0.906. The number of aromatic nitrogens is 2.